The molecule has 0 bridgehead atoms. The second kappa shape index (κ2) is 47.3. The Kier molecular flexibility index (Phi) is 40.3. The number of carbonyl (C=O) groups excluding carboxylic acids is 17. The molecule has 0 aromatic rings. The Morgan fingerprint density at radius 1 is 0.595 bits per heavy atom. The van der Waals surface area contributed by atoms with E-state index in [1.165, 1.54) is 96.1 Å². The molecule has 1 heterocycles. The zero-order valence-electron chi connectivity index (χ0n) is 82.8. The molecule has 4 aliphatic carbocycles. The lowest BCUT2D eigenvalue weighted by atomic mass is 9.44. The molecule has 1 saturated heterocycles. The van der Waals surface area contributed by atoms with Crippen LogP contribution in [-0.2, 0) is 95.7 Å². The number of esters is 2. The van der Waals surface area contributed by atoms with Crippen LogP contribution in [0.25, 0.3) is 0 Å². The molecule has 1 aliphatic heterocycles. The number of nitrogens with one attached hydrogen (secondary N) is 5. The minimum atomic E-state index is -2.24. The van der Waals surface area contributed by atoms with Crippen molar-refractivity contribution in [2.75, 3.05) is 69.3 Å². The molecule has 35 nitrogen and oxygen atoms in total. The topological polar surface area (TPSA) is 450 Å². The molecule has 5 aliphatic rings. The Morgan fingerprint density at radius 2 is 1.11 bits per heavy atom. The van der Waals surface area contributed by atoms with Crippen LogP contribution in [0.3, 0.4) is 0 Å². The van der Waals surface area contributed by atoms with E-state index in [9.17, 15) is 72.5 Å². The lowest BCUT2D eigenvalue weighted by Gasteiger charge is -2.62. The Bertz CT molecular complexity index is 4240. The van der Waals surface area contributed by atoms with Gasteiger partial charge >= 0.3 is 18.1 Å². The van der Waals surface area contributed by atoms with E-state index < -0.39 is 270 Å². The van der Waals surface area contributed by atoms with Gasteiger partial charge in [-0.1, -0.05) is 148 Å². The van der Waals surface area contributed by atoms with Gasteiger partial charge in [-0.2, -0.15) is 0 Å². The molecule has 0 aromatic heterocycles. The van der Waals surface area contributed by atoms with Crippen LogP contribution >= 0.6 is 0 Å². The average molecular weight is 1850 g/mol. The van der Waals surface area contributed by atoms with Gasteiger partial charge in [-0.05, 0) is 163 Å². The van der Waals surface area contributed by atoms with Gasteiger partial charge in [0.25, 0.3) is 0 Å². The lowest BCUT2D eigenvalue weighted by molar-refractivity contribution is -0.220. The van der Waals surface area contributed by atoms with Crippen molar-refractivity contribution < 1.29 is 115 Å². The van der Waals surface area contributed by atoms with Gasteiger partial charge in [-0.25, -0.2) is 14.0 Å². The van der Waals surface area contributed by atoms with Gasteiger partial charge in [0.15, 0.2) is 18.1 Å². The zero-order valence-corrected chi connectivity index (χ0v) is 82.8. The molecule has 9 unspecified atom stereocenters. The second-order valence-electron chi connectivity index (χ2n) is 40.2. The summed E-state index contributed by atoms with van der Waals surface area (Å²) in [6.45, 7) is 34.1. The molecule has 3 saturated carbocycles. The third kappa shape index (κ3) is 26.0. The van der Waals surface area contributed by atoms with E-state index in [-0.39, 0.29) is 87.2 Å². The number of carbonyl (C=O) groups is 17. The summed E-state index contributed by atoms with van der Waals surface area (Å²) in [6, 6.07) is -15.3. The fourth-order valence-electron chi connectivity index (χ4n) is 19.6. The van der Waals surface area contributed by atoms with Crippen LogP contribution in [0.5, 0.6) is 0 Å². The number of likely N-dealkylation sites (N-methyl/N-ethyl adjacent to an activating group) is 7. The maximum Gasteiger partial charge on any atom is 0.511 e. The summed E-state index contributed by atoms with van der Waals surface area (Å²) in [5.41, 5.74) is -6.59. The average Bonchev–Trinajstić information content (AvgIpc) is 1.56. The van der Waals surface area contributed by atoms with E-state index in [1.54, 1.807) is 95.2 Å². The summed E-state index contributed by atoms with van der Waals surface area (Å²) in [6.07, 6.45) is 1.86. The summed E-state index contributed by atoms with van der Waals surface area (Å²) in [7, 11) is 9.38. The first-order valence-corrected chi connectivity index (χ1v) is 46.4. The number of alkyl halides is 1. The number of ketones is 2. The minimum absolute atomic E-state index is 0.0129. The first kappa shape index (κ1) is 112. The Hall–Kier alpha value is -9.74. The number of fused-ring (bicyclic) bond motifs is 5. The molecule has 36 heteroatoms. The molecule has 12 amide bonds. The Morgan fingerprint density at radius 3 is 1.65 bits per heavy atom. The van der Waals surface area contributed by atoms with Crippen LogP contribution in [-0.4, -0.2) is 304 Å². The SMILES string of the molecule is C/C=C/C[C@@H](C)C(OC(=O)OCOC(=O)CCC(=O)NC(C(=O)OCC(=O)[C@@]1(O)[C@H](C)CC2C3CCC4=CC(=O)C=C[C@]4(C)[C@@]3(F)[C@@H](O)C[C@@]21C)C(C)C)[C@@H]1C(=O)N[C@@H](CC)C(=O)N(C)CC(=O)N(C)[C@@H](CC(C)C)C(=O)NC(C(C)C)C(=O)N(C)[C@H](CC(C)C)C(=O)NC(C)C(=O)NC(C)C(=O)N(C)C(CC(C)C)C(=O)N(C)[C@H](CC(C)C)C(=O)N(C)C(C(C)C)C(=O)N1C. The molecule has 0 radical (unpaired) electrons. The number of allylic oxidation sites excluding steroid dienone is 6. The van der Waals surface area contributed by atoms with Gasteiger partial charge in [-0.15, -0.1) is 0 Å². The third-order valence-corrected chi connectivity index (χ3v) is 27.5. The molecule has 0 aromatic carbocycles. The predicted octanol–water partition coefficient (Wildman–Crippen LogP) is 6.31. The molecule has 0 spiro atoms. The van der Waals surface area contributed by atoms with Crippen molar-refractivity contribution in [2.24, 2.45) is 75.9 Å². The van der Waals surface area contributed by atoms with E-state index in [2.05, 4.69) is 26.6 Å². The van der Waals surface area contributed by atoms with E-state index in [4.69, 9.17) is 18.9 Å². The van der Waals surface area contributed by atoms with Gasteiger partial charge in [0, 0.05) is 72.5 Å². The summed E-state index contributed by atoms with van der Waals surface area (Å²) in [5.74, 6) is -19.1. The van der Waals surface area contributed by atoms with Crippen LogP contribution in [0.2, 0.25) is 0 Å². The number of halogens is 1. The lowest BCUT2D eigenvalue weighted by Crippen LogP contribution is -2.69. The number of ether oxygens (including phenoxy) is 4. The van der Waals surface area contributed by atoms with E-state index in [1.807, 2.05) is 55.4 Å². The van der Waals surface area contributed by atoms with E-state index >= 15 is 23.6 Å². The van der Waals surface area contributed by atoms with Crippen molar-refractivity contribution in [3.63, 3.8) is 0 Å². The summed E-state index contributed by atoms with van der Waals surface area (Å²) in [4.78, 5) is 255. The maximum absolute atomic E-state index is 17.9. The molecule has 21 atom stereocenters. The monoisotopic (exact) mass is 1850 g/mol. The first-order chi connectivity index (χ1) is 60.7. The standard InChI is InChI=1S/C95H153FN12O23/c1-30-32-33-57(17)79(131-91(126)130-49-129-74(114)37-36-72(112)100-76(55(13)14)90(125)128-48-71(111)95(127)58(18)44-64-63-35-34-61-45-62(109)38-39-92(61,21)94(63,96)70(110)46-93(64,95)22)78-83(118)99-65(31-2)85(120)102(23)47-73(113)103(24)66(40-50(3)4)82(117)101-75(54(11)12)88(123)104(25)67(41-51(5)6)81(116)97-59(19)80(115)98-60(20)84(119)105(26)68(42-52(7)8)86(121)106(27)69(43-53(9)10)87(122)107(28)77(56(15)16)89(124)108(78)29/h30,32,38-39,45,50-60,63-70,75-79,110,127H,31,33-37,40-44,46-49H2,1-29H3,(H,97,116)(H,98,115)(H,99,118)(H,100,112)(H,101,117)/b32-30+/t57-,58-,59?,60?,63?,64?,65+,66+,67-,68?,69-,70+,75?,76?,77?,78-,79?,92+,93+,94+,95+/m1/s1. The van der Waals surface area contributed by atoms with Crippen molar-refractivity contribution in [1.29, 1.82) is 0 Å². The van der Waals surface area contributed by atoms with Crippen molar-refractivity contribution in [3.05, 3.63) is 36.0 Å². The van der Waals surface area contributed by atoms with Gasteiger partial charge in [-0.3, -0.25) is 71.9 Å². The van der Waals surface area contributed by atoms with Crippen LogP contribution in [0.15, 0.2) is 36.0 Å². The van der Waals surface area contributed by atoms with Gasteiger partial charge in [0.1, 0.15) is 78.2 Å². The van der Waals surface area contributed by atoms with E-state index in [0.29, 0.717) is 12.0 Å². The number of aliphatic hydroxyl groups excluding tert-OH is 1. The Balaban J connectivity index is 1.49. The van der Waals surface area contributed by atoms with Crippen molar-refractivity contribution in [1.82, 2.24) is 60.9 Å². The van der Waals surface area contributed by atoms with Crippen LogP contribution in [0, 0.1) is 75.9 Å². The van der Waals surface area contributed by atoms with Crippen LogP contribution < -0.4 is 26.6 Å². The molecule has 5 rings (SSSR count). The summed E-state index contributed by atoms with van der Waals surface area (Å²) < 4.78 is 40.0. The van der Waals surface area contributed by atoms with Gasteiger partial charge < -0.3 is 90.0 Å². The molecule has 4 fully saturated rings. The number of amides is 12. The maximum atomic E-state index is 17.9. The second-order valence-corrected chi connectivity index (χ2v) is 40.2. The predicted molar refractivity (Wildman–Crippen MR) is 485 cm³/mol. The quantitative estimate of drug-likeness (QED) is 0.0205. The number of nitrogens with zero attached hydrogens (tertiary/aromatic N) is 7. The molecule has 738 valence electrons. The molecule has 7 N–H and O–H groups in total. The highest BCUT2D eigenvalue weighted by atomic mass is 19.1. The highest BCUT2D eigenvalue weighted by Crippen LogP contribution is 2.71. The number of hydrogen-bond donors (Lipinski definition) is 7. The van der Waals surface area contributed by atoms with Crippen molar-refractivity contribution in [3.8, 4) is 0 Å². The third-order valence-electron chi connectivity index (χ3n) is 27.5. The normalized spacial score (nSPS) is 30.5. The van der Waals surface area contributed by atoms with Gasteiger partial charge in [0.05, 0.1) is 19.1 Å². The molecule has 131 heavy (non-hydrogen) atoms. The molecular formula is C95H153FN12O23. The molecular weight excluding hydrogens is 1700 g/mol. The van der Waals surface area contributed by atoms with Gasteiger partial charge in [0.2, 0.25) is 83.5 Å². The summed E-state index contributed by atoms with van der Waals surface area (Å²) >= 11 is 0. The largest absolute Gasteiger partial charge is 0.511 e. The highest BCUT2D eigenvalue weighted by Gasteiger charge is 2.76. The van der Waals surface area contributed by atoms with Crippen LogP contribution in [0.4, 0.5) is 9.18 Å². The number of hydrogen-bond acceptors (Lipinski definition) is 23. The van der Waals surface area contributed by atoms with Crippen molar-refractivity contribution >= 4 is 101 Å². The van der Waals surface area contributed by atoms with E-state index in [0.717, 1.165) is 19.6 Å². The number of aliphatic hydroxyl groups is 2. The smallest absolute Gasteiger partial charge is 0.456 e. The van der Waals surface area contributed by atoms with Crippen molar-refractivity contribution in [2.45, 2.75) is 319 Å². The Labute approximate surface area is 773 Å². The number of Topliss-reactive ketones (excluding diaryl/α,β-unsaturated/α-hetero) is 1. The fraction of sp³-hybridized carbons (Fsp3) is 0.758. The highest BCUT2D eigenvalue weighted by molar-refractivity contribution is 6.02. The zero-order chi connectivity index (χ0) is 99.8. The first-order valence-electron chi connectivity index (χ1n) is 46.4. The fourth-order valence-corrected chi connectivity index (χ4v) is 19.6. The minimum Gasteiger partial charge on any atom is -0.456 e. The summed E-state index contributed by atoms with van der Waals surface area (Å²) in [5, 5.41) is 37.9. The number of rotatable bonds is 27. The van der Waals surface area contributed by atoms with Crippen LogP contribution in [0.1, 0.15) is 229 Å².